The molecule has 3 rings (SSSR count). The smallest absolute Gasteiger partial charge is 0.223 e. The Balaban J connectivity index is 1.70. The fraction of sp³-hybridized carbons (Fsp3) is 0.562. The maximum absolute atomic E-state index is 12.6. The molecule has 2 fully saturated rings. The zero-order chi connectivity index (χ0) is 13.9. The molecule has 0 aromatic heterocycles. The SMILES string of the molecule is O=C(CC1CCNC1)N1CCCC1c1cccc(Br)c1. The Morgan fingerprint density at radius 1 is 1.40 bits per heavy atom. The highest BCUT2D eigenvalue weighted by Crippen LogP contribution is 2.34. The van der Waals surface area contributed by atoms with Crippen LogP contribution in [0.25, 0.3) is 0 Å². The van der Waals surface area contributed by atoms with Gasteiger partial charge in [0, 0.05) is 17.4 Å². The van der Waals surface area contributed by atoms with Gasteiger partial charge in [-0.2, -0.15) is 0 Å². The molecule has 1 amide bonds. The highest BCUT2D eigenvalue weighted by molar-refractivity contribution is 9.10. The lowest BCUT2D eigenvalue weighted by Crippen LogP contribution is -2.32. The van der Waals surface area contributed by atoms with E-state index >= 15 is 0 Å². The minimum absolute atomic E-state index is 0.273. The summed E-state index contributed by atoms with van der Waals surface area (Å²) < 4.78 is 1.09. The molecule has 1 aromatic rings. The highest BCUT2D eigenvalue weighted by atomic mass is 79.9. The lowest BCUT2D eigenvalue weighted by molar-refractivity contribution is -0.133. The topological polar surface area (TPSA) is 32.3 Å². The van der Waals surface area contributed by atoms with Gasteiger partial charge in [0.2, 0.25) is 5.91 Å². The van der Waals surface area contributed by atoms with Gasteiger partial charge < -0.3 is 10.2 Å². The number of carbonyl (C=O) groups excluding carboxylic acids is 1. The molecule has 0 saturated carbocycles. The van der Waals surface area contributed by atoms with Gasteiger partial charge in [0.05, 0.1) is 6.04 Å². The highest BCUT2D eigenvalue weighted by Gasteiger charge is 2.31. The maximum Gasteiger partial charge on any atom is 0.223 e. The summed E-state index contributed by atoms with van der Waals surface area (Å²) in [5, 5.41) is 3.34. The fourth-order valence-corrected chi connectivity index (χ4v) is 3.80. The number of rotatable bonds is 3. The summed E-state index contributed by atoms with van der Waals surface area (Å²) in [6.07, 6.45) is 4.05. The standard InChI is InChI=1S/C16H21BrN2O/c17-14-4-1-3-13(10-14)15-5-2-8-19(15)16(20)9-12-6-7-18-11-12/h1,3-4,10,12,15,18H,2,5-9,11H2. The van der Waals surface area contributed by atoms with Crippen LogP contribution in [0.5, 0.6) is 0 Å². The van der Waals surface area contributed by atoms with E-state index in [2.05, 4.69) is 44.3 Å². The van der Waals surface area contributed by atoms with E-state index in [1.165, 1.54) is 5.56 Å². The largest absolute Gasteiger partial charge is 0.336 e. The van der Waals surface area contributed by atoms with Gasteiger partial charge in [0.1, 0.15) is 0 Å². The van der Waals surface area contributed by atoms with Crippen molar-refractivity contribution in [3.05, 3.63) is 34.3 Å². The first-order valence-electron chi connectivity index (χ1n) is 7.49. The Morgan fingerprint density at radius 3 is 3.05 bits per heavy atom. The van der Waals surface area contributed by atoms with E-state index in [9.17, 15) is 4.79 Å². The molecule has 2 aliphatic rings. The van der Waals surface area contributed by atoms with Crippen LogP contribution in [0.4, 0.5) is 0 Å². The average molecular weight is 337 g/mol. The van der Waals surface area contributed by atoms with E-state index < -0.39 is 0 Å². The Bertz CT molecular complexity index is 485. The van der Waals surface area contributed by atoms with Crippen LogP contribution in [0, 0.1) is 5.92 Å². The summed E-state index contributed by atoms with van der Waals surface area (Å²) in [6, 6.07) is 8.65. The summed E-state index contributed by atoms with van der Waals surface area (Å²) >= 11 is 3.53. The average Bonchev–Trinajstić information content (AvgIpc) is 3.09. The van der Waals surface area contributed by atoms with Crippen LogP contribution in [0.15, 0.2) is 28.7 Å². The first kappa shape index (κ1) is 14.1. The summed E-state index contributed by atoms with van der Waals surface area (Å²) in [4.78, 5) is 14.7. The second kappa shape index (κ2) is 6.27. The quantitative estimate of drug-likeness (QED) is 0.919. The number of likely N-dealkylation sites (tertiary alicyclic amines) is 1. The van der Waals surface area contributed by atoms with Crippen molar-refractivity contribution < 1.29 is 4.79 Å². The molecule has 4 heteroatoms. The number of carbonyl (C=O) groups is 1. The van der Waals surface area contributed by atoms with E-state index in [0.29, 0.717) is 18.2 Å². The van der Waals surface area contributed by atoms with Crippen LogP contribution >= 0.6 is 15.9 Å². The zero-order valence-corrected chi connectivity index (χ0v) is 13.2. The first-order chi connectivity index (χ1) is 9.74. The third-order valence-electron chi connectivity index (χ3n) is 4.43. The third kappa shape index (κ3) is 3.07. The molecule has 20 heavy (non-hydrogen) atoms. The van der Waals surface area contributed by atoms with Crippen LogP contribution in [-0.2, 0) is 4.79 Å². The van der Waals surface area contributed by atoms with Crippen LogP contribution in [0.2, 0.25) is 0 Å². The predicted octanol–water partition coefficient (Wildman–Crippen LogP) is 3.11. The number of hydrogen-bond acceptors (Lipinski definition) is 2. The molecule has 1 N–H and O–H groups in total. The molecule has 2 saturated heterocycles. The number of hydrogen-bond donors (Lipinski definition) is 1. The predicted molar refractivity (Wildman–Crippen MR) is 83.4 cm³/mol. The molecule has 0 radical (unpaired) electrons. The minimum atomic E-state index is 0.273. The van der Waals surface area contributed by atoms with E-state index in [4.69, 9.17) is 0 Å². The summed E-state index contributed by atoms with van der Waals surface area (Å²) in [5.74, 6) is 0.868. The van der Waals surface area contributed by atoms with Crippen LogP contribution < -0.4 is 5.32 Å². The molecule has 2 atom stereocenters. The van der Waals surface area contributed by atoms with Crippen molar-refractivity contribution in [2.45, 2.75) is 31.7 Å². The summed E-state index contributed by atoms with van der Waals surface area (Å²) in [5.41, 5.74) is 1.26. The van der Waals surface area contributed by atoms with Gasteiger partial charge >= 0.3 is 0 Å². The van der Waals surface area contributed by atoms with Crippen molar-refractivity contribution in [2.75, 3.05) is 19.6 Å². The van der Waals surface area contributed by atoms with Crippen LogP contribution in [0.1, 0.15) is 37.3 Å². The van der Waals surface area contributed by atoms with Gasteiger partial charge in [-0.15, -0.1) is 0 Å². The van der Waals surface area contributed by atoms with Gasteiger partial charge in [-0.05, 0) is 56.0 Å². The van der Waals surface area contributed by atoms with Crippen molar-refractivity contribution in [3.63, 3.8) is 0 Å². The molecule has 0 bridgehead atoms. The number of benzene rings is 1. The molecule has 2 aliphatic heterocycles. The van der Waals surface area contributed by atoms with Crippen LogP contribution in [-0.4, -0.2) is 30.4 Å². The van der Waals surface area contributed by atoms with Gasteiger partial charge in [0.25, 0.3) is 0 Å². The van der Waals surface area contributed by atoms with Crippen molar-refractivity contribution in [1.82, 2.24) is 10.2 Å². The Hall–Kier alpha value is -0.870. The van der Waals surface area contributed by atoms with Crippen molar-refractivity contribution in [2.24, 2.45) is 5.92 Å². The Labute approximate surface area is 128 Å². The molecule has 0 aliphatic carbocycles. The molecule has 2 heterocycles. The number of halogens is 1. The van der Waals surface area contributed by atoms with E-state index in [0.717, 1.165) is 43.4 Å². The van der Waals surface area contributed by atoms with Crippen molar-refractivity contribution >= 4 is 21.8 Å². The third-order valence-corrected chi connectivity index (χ3v) is 4.93. The monoisotopic (exact) mass is 336 g/mol. The maximum atomic E-state index is 12.6. The summed E-state index contributed by atoms with van der Waals surface area (Å²) in [7, 11) is 0. The minimum Gasteiger partial charge on any atom is -0.336 e. The molecule has 108 valence electrons. The number of nitrogens with one attached hydrogen (secondary N) is 1. The number of amides is 1. The molecule has 3 nitrogen and oxygen atoms in total. The molecule has 2 unspecified atom stereocenters. The Morgan fingerprint density at radius 2 is 2.30 bits per heavy atom. The second-order valence-electron chi connectivity index (χ2n) is 5.86. The number of nitrogens with zero attached hydrogens (tertiary/aromatic N) is 1. The summed E-state index contributed by atoms with van der Waals surface area (Å²) in [6.45, 7) is 2.98. The van der Waals surface area contributed by atoms with E-state index in [1.807, 2.05) is 6.07 Å². The van der Waals surface area contributed by atoms with E-state index in [1.54, 1.807) is 0 Å². The van der Waals surface area contributed by atoms with Gasteiger partial charge in [-0.3, -0.25) is 4.79 Å². The normalized spacial score (nSPS) is 26.1. The Kier molecular flexibility index (Phi) is 4.41. The van der Waals surface area contributed by atoms with Crippen molar-refractivity contribution in [3.8, 4) is 0 Å². The van der Waals surface area contributed by atoms with E-state index in [-0.39, 0.29) is 6.04 Å². The zero-order valence-electron chi connectivity index (χ0n) is 11.6. The van der Waals surface area contributed by atoms with Gasteiger partial charge in [-0.1, -0.05) is 28.1 Å². The first-order valence-corrected chi connectivity index (χ1v) is 8.29. The molecular weight excluding hydrogens is 316 g/mol. The molecule has 0 spiro atoms. The molecule has 1 aromatic carbocycles. The fourth-order valence-electron chi connectivity index (χ4n) is 3.38. The lowest BCUT2D eigenvalue weighted by Gasteiger charge is -2.26. The van der Waals surface area contributed by atoms with Gasteiger partial charge in [0.15, 0.2) is 0 Å². The van der Waals surface area contributed by atoms with Crippen LogP contribution in [0.3, 0.4) is 0 Å². The van der Waals surface area contributed by atoms with Crippen molar-refractivity contribution in [1.29, 1.82) is 0 Å². The molecular formula is C16H21BrN2O. The lowest BCUT2D eigenvalue weighted by atomic mass is 10.0. The van der Waals surface area contributed by atoms with Gasteiger partial charge in [-0.25, -0.2) is 0 Å². The second-order valence-corrected chi connectivity index (χ2v) is 6.78.